The van der Waals surface area contributed by atoms with Crippen LogP contribution in [0, 0.1) is 12.8 Å². The zero-order valence-electron chi connectivity index (χ0n) is 13.5. The van der Waals surface area contributed by atoms with Crippen molar-refractivity contribution in [3.63, 3.8) is 0 Å². The lowest BCUT2D eigenvalue weighted by atomic mass is 9.91. The van der Waals surface area contributed by atoms with Crippen LogP contribution in [0.4, 0.5) is 0 Å². The van der Waals surface area contributed by atoms with Gasteiger partial charge in [-0.25, -0.2) is 4.98 Å². The molecule has 5 heteroatoms. The molecule has 1 aliphatic heterocycles. The molecule has 2 aromatic rings. The van der Waals surface area contributed by atoms with Crippen molar-refractivity contribution >= 4 is 17.2 Å². The molecule has 23 heavy (non-hydrogen) atoms. The number of aliphatic hydroxyl groups is 1. The molecule has 1 aromatic heterocycles. The number of carbonyl (C=O) groups excluding carboxylic acids is 1. The Bertz CT molecular complexity index is 684. The summed E-state index contributed by atoms with van der Waals surface area (Å²) in [7, 11) is 0. The summed E-state index contributed by atoms with van der Waals surface area (Å²) >= 11 is 1.44. The predicted octanol–water partition coefficient (Wildman–Crippen LogP) is 3.35. The third-order valence-corrected chi connectivity index (χ3v) is 5.77. The Morgan fingerprint density at radius 2 is 2.13 bits per heavy atom. The second kappa shape index (κ2) is 6.81. The van der Waals surface area contributed by atoms with Gasteiger partial charge in [0.25, 0.3) is 5.91 Å². The van der Waals surface area contributed by atoms with E-state index in [4.69, 9.17) is 0 Å². The molecule has 0 saturated carbocycles. The smallest absolute Gasteiger partial charge is 0.266 e. The maximum Gasteiger partial charge on any atom is 0.266 e. The number of rotatable bonds is 3. The van der Waals surface area contributed by atoms with Gasteiger partial charge in [-0.15, -0.1) is 11.3 Å². The van der Waals surface area contributed by atoms with Gasteiger partial charge in [-0.3, -0.25) is 4.79 Å². The lowest BCUT2D eigenvalue weighted by Crippen LogP contribution is -2.49. The molecule has 3 rings (SSSR count). The second-order valence-electron chi connectivity index (χ2n) is 6.17. The van der Waals surface area contributed by atoms with E-state index in [1.165, 1.54) is 11.3 Å². The molecule has 1 N–H and O–H groups in total. The minimum Gasteiger partial charge on any atom is -0.394 e. The van der Waals surface area contributed by atoms with E-state index in [0.29, 0.717) is 17.3 Å². The van der Waals surface area contributed by atoms with Gasteiger partial charge in [0.1, 0.15) is 9.88 Å². The van der Waals surface area contributed by atoms with Crippen LogP contribution in [0.5, 0.6) is 0 Å². The van der Waals surface area contributed by atoms with Gasteiger partial charge in [-0.05, 0) is 25.7 Å². The number of carbonyl (C=O) groups is 1. The van der Waals surface area contributed by atoms with Gasteiger partial charge < -0.3 is 10.0 Å². The minimum absolute atomic E-state index is 0.00720. The summed E-state index contributed by atoms with van der Waals surface area (Å²) < 4.78 is 0. The molecular formula is C18H22N2O2S. The van der Waals surface area contributed by atoms with Gasteiger partial charge in [0.05, 0.1) is 18.3 Å². The van der Waals surface area contributed by atoms with Crippen molar-refractivity contribution in [1.82, 2.24) is 9.88 Å². The number of aliphatic hydroxyl groups excluding tert-OH is 1. The molecular weight excluding hydrogens is 308 g/mol. The molecule has 1 aromatic carbocycles. The van der Waals surface area contributed by atoms with Crippen molar-refractivity contribution in [2.75, 3.05) is 13.2 Å². The van der Waals surface area contributed by atoms with Crippen LogP contribution in [0.25, 0.3) is 10.6 Å². The first-order chi connectivity index (χ1) is 11.1. The van der Waals surface area contributed by atoms with E-state index in [-0.39, 0.29) is 18.6 Å². The van der Waals surface area contributed by atoms with E-state index < -0.39 is 0 Å². The largest absolute Gasteiger partial charge is 0.394 e. The number of aryl methyl sites for hydroxylation is 1. The highest BCUT2D eigenvalue weighted by Crippen LogP contribution is 2.31. The number of aromatic nitrogens is 1. The summed E-state index contributed by atoms with van der Waals surface area (Å²) in [6.45, 7) is 4.73. The maximum atomic E-state index is 13.0. The van der Waals surface area contributed by atoms with E-state index in [0.717, 1.165) is 29.1 Å². The quantitative estimate of drug-likeness (QED) is 0.939. The molecule has 1 fully saturated rings. The Hall–Kier alpha value is -1.72. The Balaban J connectivity index is 1.89. The Morgan fingerprint density at radius 3 is 2.83 bits per heavy atom. The number of hydrogen-bond donors (Lipinski definition) is 1. The SMILES string of the molecule is Cc1nc(-c2ccccc2)sc1C(=O)N1CCCC(C)C1CO. The van der Waals surface area contributed by atoms with E-state index in [9.17, 15) is 9.90 Å². The summed E-state index contributed by atoms with van der Waals surface area (Å²) in [5.74, 6) is 0.340. The zero-order valence-corrected chi connectivity index (χ0v) is 14.3. The number of thiazole rings is 1. The van der Waals surface area contributed by atoms with Crippen LogP contribution in [0.1, 0.15) is 35.1 Å². The van der Waals surface area contributed by atoms with Crippen molar-refractivity contribution in [2.45, 2.75) is 32.7 Å². The molecule has 4 nitrogen and oxygen atoms in total. The van der Waals surface area contributed by atoms with Crippen LogP contribution < -0.4 is 0 Å². The number of nitrogens with zero attached hydrogens (tertiary/aromatic N) is 2. The Labute approximate surface area is 140 Å². The van der Waals surface area contributed by atoms with Crippen LogP contribution in [0.2, 0.25) is 0 Å². The fourth-order valence-electron chi connectivity index (χ4n) is 3.21. The molecule has 1 saturated heterocycles. The van der Waals surface area contributed by atoms with Gasteiger partial charge in [0.15, 0.2) is 0 Å². The fraction of sp³-hybridized carbons (Fsp3) is 0.444. The van der Waals surface area contributed by atoms with E-state index >= 15 is 0 Å². The fourth-order valence-corrected chi connectivity index (χ4v) is 4.24. The first kappa shape index (κ1) is 16.1. The van der Waals surface area contributed by atoms with Crippen LogP contribution >= 0.6 is 11.3 Å². The average molecular weight is 330 g/mol. The monoisotopic (exact) mass is 330 g/mol. The molecule has 2 atom stereocenters. The average Bonchev–Trinajstić information content (AvgIpc) is 2.96. The van der Waals surface area contributed by atoms with Crippen molar-refractivity contribution in [2.24, 2.45) is 5.92 Å². The van der Waals surface area contributed by atoms with Crippen LogP contribution in [-0.2, 0) is 0 Å². The zero-order chi connectivity index (χ0) is 16.4. The van der Waals surface area contributed by atoms with Gasteiger partial charge in [0.2, 0.25) is 0 Å². The van der Waals surface area contributed by atoms with E-state index in [2.05, 4.69) is 11.9 Å². The predicted molar refractivity (Wildman–Crippen MR) is 92.6 cm³/mol. The van der Waals surface area contributed by atoms with Gasteiger partial charge in [-0.1, -0.05) is 37.3 Å². The van der Waals surface area contributed by atoms with Crippen LogP contribution in [0.3, 0.4) is 0 Å². The lowest BCUT2D eigenvalue weighted by molar-refractivity contribution is 0.0362. The Kier molecular flexibility index (Phi) is 4.78. The van der Waals surface area contributed by atoms with Gasteiger partial charge >= 0.3 is 0 Å². The maximum absolute atomic E-state index is 13.0. The van der Waals surface area contributed by atoms with Gasteiger partial charge in [-0.2, -0.15) is 0 Å². The molecule has 0 radical (unpaired) electrons. The number of likely N-dealkylation sites (tertiary alicyclic amines) is 1. The first-order valence-electron chi connectivity index (χ1n) is 8.06. The molecule has 0 aliphatic carbocycles. The van der Waals surface area contributed by atoms with Crippen molar-refractivity contribution in [3.05, 3.63) is 40.9 Å². The van der Waals surface area contributed by atoms with Gasteiger partial charge in [0, 0.05) is 12.1 Å². The Morgan fingerprint density at radius 1 is 1.39 bits per heavy atom. The van der Waals surface area contributed by atoms with Crippen molar-refractivity contribution in [3.8, 4) is 10.6 Å². The molecule has 0 spiro atoms. The molecule has 0 bridgehead atoms. The van der Waals surface area contributed by atoms with Crippen LogP contribution in [-0.4, -0.2) is 40.1 Å². The highest BCUT2D eigenvalue weighted by molar-refractivity contribution is 7.17. The minimum atomic E-state index is -0.0853. The third kappa shape index (κ3) is 3.16. The molecule has 2 unspecified atom stereocenters. The summed E-state index contributed by atoms with van der Waals surface area (Å²) in [5.41, 5.74) is 1.80. The topological polar surface area (TPSA) is 53.4 Å². The summed E-state index contributed by atoms with van der Waals surface area (Å²) in [6, 6.07) is 9.84. The van der Waals surface area contributed by atoms with E-state index in [1.807, 2.05) is 42.2 Å². The van der Waals surface area contributed by atoms with Crippen molar-refractivity contribution in [1.29, 1.82) is 0 Å². The van der Waals surface area contributed by atoms with E-state index in [1.54, 1.807) is 0 Å². The molecule has 1 aliphatic rings. The number of hydrogen-bond acceptors (Lipinski definition) is 4. The summed E-state index contributed by atoms with van der Waals surface area (Å²) in [5, 5.41) is 10.5. The lowest BCUT2D eigenvalue weighted by Gasteiger charge is -2.38. The molecule has 122 valence electrons. The summed E-state index contributed by atoms with van der Waals surface area (Å²) in [6.07, 6.45) is 2.05. The van der Waals surface area contributed by atoms with Crippen molar-refractivity contribution < 1.29 is 9.90 Å². The highest BCUT2D eigenvalue weighted by atomic mass is 32.1. The first-order valence-corrected chi connectivity index (χ1v) is 8.88. The second-order valence-corrected chi connectivity index (χ2v) is 7.17. The number of piperidine rings is 1. The normalized spacial score (nSPS) is 21.4. The molecule has 2 heterocycles. The summed E-state index contributed by atoms with van der Waals surface area (Å²) in [4.78, 5) is 20.1. The standard InChI is InChI=1S/C18H22N2O2S/c1-12-7-6-10-20(15(12)11-21)18(22)16-13(2)19-17(23-16)14-8-4-3-5-9-14/h3-5,8-9,12,15,21H,6-7,10-11H2,1-2H3. The highest BCUT2D eigenvalue weighted by Gasteiger charge is 2.33. The number of benzene rings is 1. The third-order valence-electron chi connectivity index (χ3n) is 4.58. The number of amides is 1. The van der Waals surface area contributed by atoms with Crippen LogP contribution in [0.15, 0.2) is 30.3 Å². The molecule has 1 amide bonds.